The van der Waals surface area contributed by atoms with Gasteiger partial charge in [-0.3, -0.25) is 4.79 Å². The van der Waals surface area contributed by atoms with Gasteiger partial charge in [0.15, 0.2) is 11.6 Å². The maximum Gasteiger partial charge on any atom is 0.163 e. The number of anilines is 3. The number of carbonyl (C=O) groups is 1. The second kappa shape index (κ2) is 9.13. The molecule has 1 N–H and O–H groups in total. The third-order valence-corrected chi connectivity index (χ3v) is 4.55. The van der Waals surface area contributed by atoms with E-state index >= 15 is 0 Å². The molecule has 0 spiro atoms. The number of rotatable bonds is 8. The molecule has 1 aromatic heterocycles. The zero-order chi connectivity index (χ0) is 19.9. The summed E-state index contributed by atoms with van der Waals surface area (Å²) < 4.78 is 0. The van der Waals surface area contributed by atoms with Crippen molar-refractivity contribution in [3.8, 4) is 11.4 Å². The fraction of sp³-hybridized carbons (Fsp3) is 0.261. The molecule has 0 fully saturated rings. The van der Waals surface area contributed by atoms with E-state index in [4.69, 9.17) is 9.97 Å². The number of unbranched alkanes of at least 4 members (excludes halogenated alkanes) is 1. The van der Waals surface area contributed by atoms with E-state index in [-0.39, 0.29) is 5.78 Å². The monoisotopic (exact) mass is 374 g/mol. The molecule has 0 bridgehead atoms. The van der Waals surface area contributed by atoms with E-state index in [2.05, 4.69) is 24.2 Å². The molecule has 0 saturated carbocycles. The maximum absolute atomic E-state index is 11.5. The molecule has 0 atom stereocenters. The van der Waals surface area contributed by atoms with Crippen molar-refractivity contribution in [3.05, 3.63) is 66.2 Å². The Bertz CT molecular complexity index is 923. The van der Waals surface area contributed by atoms with Gasteiger partial charge in [-0.15, -0.1) is 0 Å². The van der Waals surface area contributed by atoms with Crippen LogP contribution in [0.25, 0.3) is 11.4 Å². The largest absolute Gasteiger partial charge is 0.359 e. The molecule has 0 saturated heterocycles. The van der Waals surface area contributed by atoms with Crippen molar-refractivity contribution in [3.63, 3.8) is 0 Å². The van der Waals surface area contributed by atoms with Crippen molar-refractivity contribution in [2.75, 3.05) is 23.8 Å². The molecule has 1 heterocycles. The van der Waals surface area contributed by atoms with Gasteiger partial charge in [0.05, 0.1) is 0 Å². The van der Waals surface area contributed by atoms with Crippen molar-refractivity contribution >= 4 is 23.1 Å². The summed E-state index contributed by atoms with van der Waals surface area (Å²) in [6.45, 7) is 4.69. The summed E-state index contributed by atoms with van der Waals surface area (Å²) in [6, 6.07) is 19.4. The van der Waals surface area contributed by atoms with E-state index in [1.165, 1.54) is 0 Å². The number of ketones is 1. The Labute approximate surface area is 166 Å². The van der Waals surface area contributed by atoms with Crippen LogP contribution >= 0.6 is 0 Å². The predicted octanol–water partition coefficient (Wildman–Crippen LogP) is 5.33. The third-order valence-electron chi connectivity index (χ3n) is 4.55. The minimum absolute atomic E-state index is 0.0554. The third kappa shape index (κ3) is 4.94. The smallest absolute Gasteiger partial charge is 0.163 e. The summed E-state index contributed by atoms with van der Waals surface area (Å²) in [5, 5.41) is 3.34. The van der Waals surface area contributed by atoms with Gasteiger partial charge in [0.25, 0.3) is 0 Å². The lowest BCUT2D eigenvalue weighted by atomic mass is 10.1. The van der Waals surface area contributed by atoms with Gasteiger partial charge in [0, 0.05) is 36.5 Å². The topological polar surface area (TPSA) is 58.1 Å². The Kier molecular flexibility index (Phi) is 6.37. The molecule has 3 rings (SSSR count). The zero-order valence-electron chi connectivity index (χ0n) is 16.6. The molecule has 0 amide bonds. The summed E-state index contributed by atoms with van der Waals surface area (Å²) >= 11 is 0. The van der Waals surface area contributed by atoms with E-state index in [0.29, 0.717) is 11.4 Å². The van der Waals surface area contributed by atoms with Gasteiger partial charge in [-0.25, -0.2) is 9.97 Å². The summed E-state index contributed by atoms with van der Waals surface area (Å²) in [4.78, 5) is 23.1. The van der Waals surface area contributed by atoms with Crippen LogP contribution in [0, 0.1) is 0 Å². The van der Waals surface area contributed by atoms with Crippen LogP contribution in [0.1, 0.15) is 37.0 Å². The first-order valence-electron chi connectivity index (χ1n) is 9.60. The van der Waals surface area contributed by atoms with Gasteiger partial charge >= 0.3 is 0 Å². The molecule has 0 aliphatic rings. The molecule has 28 heavy (non-hydrogen) atoms. The number of benzene rings is 2. The van der Waals surface area contributed by atoms with Gasteiger partial charge in [0.2, 0.25) is 0 Å². The van der Waals surface area contributed by atoms with Crippen LogP contribution in [0.2, 0.25) is 0 Å². The van der Waals surface area contributed by atoms with Gasteiger partial charge in [0.1, 0.15) is 11.6 Å². The zero-order valence-corrected chi connectivity index (χ0v) is 16.6. The lowest BCUT2D eigenvalue weighted by Crippen LogP contribution is -2.20. The van der Waals surface area contributed by atoms with Gasteiger partial charge < -0.3 is 10.2 Å². The fourth-order valence-corrected chi connectivity index (χ4v) is 2.86. The summed E-state index contributed by atoms with van der Waals surface area (Å²) in [6.07, 6.45) is 2.24. The normalized spacial score (nSPS) is 10.5. The van der Waals surface area contributed by atoms with E-state index in [0.717, 1.165) is 42.3 Å². The van der Waals surface area contributed by atoms with Crippen LogP contribution in [0.4, 0.5) is 17.3 Å². The number of hydrogen-bond donors (Lipinski definition) is 1. The van der Waals surface area contributed by atoms with Crippen LogP contribution in [-0.2, 0) is 0 Å². The van der Waals surface area contributed by atoms with Crippen molar-refractivity contribution in [2.45, 2.75) is 26.7 Å². The summed E-state index contributed by atoms with van der Waals surface area (Å²) in [5.74, 6) is 2.34. The second-order valence-corrected chi connectivity index (χ2v) is 6.83. The lowest BCUT2D eigenvalue weighted by molar-refractivity contribution is 0.101. The molecule has 5 heteroatoms. The van der Waals surface area contributed by atoms with E-state index < -0.39 is 0 Å². The van der Waals surface area contributed by atoms with Crippen LogP contribution < -0.4 is 10.2 Å². The molecule has 5 nitrogen and oxygen atoms in total. The lowest BCUT2D eigenvalue weighted by Gasteiger charge is -2.19. The van der Waals surface area contributed by atoms with Crippen LogP contribution in [-0.4, -0.2) is 29.3 Å². The number of carbonyl (C=O) groups excluding carboxylic acids is 1. The van der Waals surface area contributed by atoms with Crippen molar-refractivity contribution in [2.24, 2.45) is 0 Å². The van der Waals surface area contributed by atoms with Gasteiger partial charge in [-0.05, 0) is 37.6 Å². The van der Waals surface area contributed by atoms with Crippen LogP contribution in [0.3, 0.4) is 0 Å². The number of hydrogen-bond acceptors (Lipinski definition) is 5. The molecule has 0 unspecified atom stereocenters. The Morgan fingerprint density at radius 3 is 2.39 bits per heavy atom. The van der Waals surface area contributed by atoms with Crippen molar-refractivity contribution in [1.82, 2.24) is 9.97 Å². The minimum Gasteiger partial charge on any atom is -0.359 e. The van der Waals surface area contributed by atoms with Crippen LogP contribution in [0.5, 0.6) is 0 Å². The SMILES string of the molecule is CCCCN(C)c1cc(Nc2ccc(C(C)=O)cc2)nc(-c2ccccc2)n1. The number of nitrogens with one attached hydrogen (secondary N) is 1. The second-order valence-electron chi connectivity index (χ2n) is 6.83. The molecule has 0 radical (unpaired) electrons. The average Bonchev–Trinajstić information content (AvgIpc) is 2.72. The minimum atomic E-state index is 0.0554. The molecule has 0 aliphatic carbocycles. The summed E-state index contributed by atoms with van der Waals surface area (Å²) in [7, 11) is 2.05. The van der Waals surface area contributed by atoms with Crippen molar-refractivity contribution < 1.29 is 4.79 Å². The fourth-order valence-electron chi connectivity index (χ4n) is 2.86. The first-order valence-corrected chi connectivity index (χ1v) is 9.60. The highest BCUT2D eigenvalue weighted by atomic mass is 16.1. The molecular formula is C23H26N4O. The molecular weight excluding hydrogens is 348 g/mol. The highest BCUT2D eigenvalue weighted by Crippen LogP contribution is 2.24. The number of aromatic nitrogens is 2. The molecule has 2 aromatic carbocycles. The standard InChI is InChI=1S/C23H26N4O/c1-4-5-15-27(3)22-16-21(24-20-13-11-18(12-14-20)17(2)28)25-23(26-22)19-9-7-6-8-10-19/h6-14,16H,4-5,15H2,1-3H3,(H,24,25,26). The first kappa shape index (κ1) is 19.5. The Balaban J connectivity index is 1.93. The number of Topliss-reactive ketones (excluding diaryl/α,β-unsaturated/α-hetero) is 1. The number of nitrogens with zero attached hydrogens (tertiary/aromatic N) is 3. The van der Waals surface area contributed by atoms with Gasteiger partial charge in [-0.2, -0.15) is 0 Å². The first-order chi connectivity index (χ1) is 13.6. The van der Waals surface area contributed by atoms with E-state index in [1.54, 1.807) is 6.92 Å². The molecule has 144 valence electrons. The molecule has 0 aliphatic heterocycles. The maximum atomic E-state index is 11.5. The molecule has 3 aromatic rings. The predicted molar refractivity (Wildman–Crippen MR) is 115 cm³/mol. The Hall–Kier alpha value is -3.21. The highest BCUT2D eigenvalue weighted by molar-refractivity contribution is 5.94. The average molecular weight is 374 g/mol. The van der Waals surface area contributed by atoms with E-state index in [9.17, 15) is 4.79 Å². The van der Waals surface area contributed by atoms with E-state index in [1.807, 2.05) is 60.7 Å². The quantitative estimate of drug-likeness (QED) is 0.540. The van der Waals surface area contributed by atoms with Crippen molar-refractivity contribution in [1.29, 1.82) is 0 Å². The Morgan fingerprint density at radius 1 is 1.04 bits per heavy atom. The Morgan fingerprint density at radius 2 is 1.75 bits per heavy atom. The van der Waals surface area contributed by atoms with Gasteiger partial charge in [-0.1, -0.05) is 43.7 Å². The van der Waals surface area contributed by atoms with Crippen LogP contribution in [0.15, 0.2) is 60.7 Å². The summed E-state index contributed by atoms with van der Waals surface area (Å²) in [5.41, 5.74) is 2.55. The highest BCUT2D eigenvalue weighted by Gasteiger charge is 2.11.